The van der Waals surface area contributed by atoms with Gasteiger partial charge in [0.25, 0.3) is 5.91 Å². The molecule has 1 aliphatic rings. The molecule has 3 aromatic rings. The number of carbonyl (C=O) groups is 1. The number of sulfonamides is 1. The third-order valence-electron chi connectivity index (χ3n) is 4.81. The van der Waals surface area contributed by atoms with E-state index in [1.807, 2.05) is 0 Å². The summed E-state index contributed by atoms with van der Waals surface area (Å²) in [5.74, 6) is 0.508. The van der Waals surface area contributed by atoms with E-state index in [4.69, 9.17) is 21.1 Å². The van der Waals surface area contributed by atoms with Crippen LogP contribution in [0.5, 0.6) is 17.2 Å². The quantitative estimate of drug-likeness (QED) is 0.489. The summed E-state index contributed by atoms with van der Waals surface area (Å²) >= 11 is 6.17. The molecule has 0 heterocycles. The predicted octanol–water partition coefficient (Wildman–Crippen LogP) is 4.83. The Kier molecular flexibility index (Phi) is 6.36. The first-order valence-electron chi connectivity index (χ1n) is 9.90. The average Bonchev–Trinajstić information content (AvgIpc) is 3.59. The molecule has 0 aromatic heterocycles. The first kappa shape index (κ1) is 22.1. The molecule has 3 aromatic carbocycles. The number of methoxy groups -OCH3 is 1. The van der Waals surface area contributed by atoms with Gasteiger partial charge in [-0.2, -0.15) is 0 Å². The maximum Gasteiger partial charge on any atom is 0.255 e. The second-order valence-electron chi connectivity index (χ2n) is 7.24. The van der Waals surface area contributed by atoms with E-state index in [2.05, 4.69) is 10.0 Å². The highest BCUT2D eigenvalue weighted by molar-refractivity contribution is 7.89. The minimum Gasteiger partial charge on any atom is -0.495 e. The molecule has 0 bridgehead atoms. The Bertz CT molecular complexity index is 1260. The van der Waals surface area contributed by atoms with Crippen molar-refractivity contribution in [3.63, 3.8) is 0 Å². The van der Waals surface area contributed by atoms with Gasteiger partial charge in [0.1, 0.15) is 16.4 Å². The maximum atomic E-state index is 13.0. The average molecular weight is 473 g/mol. The van der Waals surface area contributed by atoms with Gasteiger partial charge in [-0.05, 0) is 55.3 Å². The number of amides is 1. The number of benzene rings is 3. The zero-order valence-corrected chi connectivity index (χ0v) is 18.7. The van der Waals surface area contributed by atoms with Gasteiger partial charge in [-0.25, -0.2) is 13.1 Å². The van der Waals surface area contributed by atoms with Gasteiger partial charge in [-0.3, -0.25) is 4.79 Å². The highest BCUT2D eigenvalue weighted by Gasteiger charge is 2.30. The van der Waals surface area contributed by atoms with Gasteiger partial charge in [-0.1, -0.05) is 35.9 Å². The van der Waals surface area contributed by atoms with Crippen LogP contribution in [0.4, 0.5) is 5.69 Å². The fraction of sp³-hybridized carbons (Fsp3) is 0.174. The predicted molar refractivity (Wildman–Crippen MR) is 122 cm³/mol. The van der Waals surface area contributed by atoms with Crippen molar-refractivity contribution in [2.45, 2.75) is 23.8 Å². The van der Waals surface area contributed by atoms with Crippen molar-refractivity contribution in [2.75, 3.05) is 12.4 Å². The maximum absolute atomic E-state index is 13.0. The smallest absolute Gasteiger partial charge is 0.255 e. The molecule has 0 unspecified atom stereocenters. The Morgan fingerprint density at radius 3 is 2.34 bits per heavy atom. The van der Waals surface area contributed by atoms with Crippen LogP contribution in [0, 0.1) is 0 Å². The van der Waals surface area contributed by atoms with Crippen molar-refractivity contribution in [3.05, 3.63) is 77.3 Å². The zero-order valence-electron chi connectivity index (χ0n) is 17.2. The van der Waals surface area contributed by atoms with Gasteiger partial charge in [0, 0.05) is 11.6 Å². The lowest BCUT2D eigenvalue weighted by Crippen LogP contribution is -2.26. The van der Waals surface area contributed by atoms with Gasteiger partial charge in [0.2, 0.25) is 10.0 Å². The molecule has 0 radical (unpaired) electrons. The third-order valence-corrected chi connectivity index (χ3v) is 6.66. The number of nitrogens with one attached hydrogen (secondary N) is 2. The molecule has 1 saturated carbocycles. The van der Waals surface area contributed by atoms with Crippen LogP contribution in [0.15, 0.2) is 71.6 Å². The Balaban J connectivity index is 1.60. The van der Waals surface area contributed by atoms with E-state index < -0.39 is 15.9 Å². The van der Waals surface area contributed by atoms with Crippen molar-refractivity contribution >= 4 is 33.2 Å². The third kappa shape index (κ3) is 5.04. The summed E-state index contributed by atoms with van der Waals surface area (Å²) in [5, 5.41) is 3.20. The summed E-state index contributed by atoms with van der Waals surface area (Å²) in [6.07, 6.45) is 1.59. The first-order chi connectivity index (χ1) is 15.4. The van der Waals surface area contributed by atoms with Crippen LogP contribution in [0.25, 0.3) is 0 Å². The van der Waals surface area contributed by atoms with Gasteiger partial charge in [-0.15, -0.1) is 0 Å². The molecule has 7 nitrogen and oxygen atoms in total. The van der Waals surface area contributed by atoms with Crippen LogP contribution >= 0.6 is 11.6 Å². The number of halogens is 1. The SMILES string of the molecule is COc1ccc(C(=O)Nc2ccccc2Oc2ccccc2Cl)cc1S(=O)(=O)NC1CC1. The Morgan fingerprint density at radius 1 is 0.969 bits per heavy atom. The number of para-hydroxylation sites is 3. The minimum atomic E-state index is -3.82. The van der Waals surface area contributed by atoms with Crippen LogP contribution in [-0.2, 0) is 10.0 Å². The monoisotopic (exact) mass is 472 g/mol. The Hall–Kier alpha value is -3.07. The van der Waals surface area contributed by atoms with Gasteiger partial charge in [0.15, 0.2) is 5.75 Å². The van der Waals surface area contributed by atoms with Gasteiger partial charge in [0.05, 0.1) is 17.8 Å². The molecule has 1 amide bonds. The molecule has 0 aliphatic heterocycles. The molecule has 0 spiro atoms. The second-order valence-corrected chi connectivity index (χ2v) is 9.33. The molecule has 0 atom stereocenters. The van der Waals surface area contributed by atoms with Gasteiger partial charge >= 0.3 is 0 Å². The molecular weight excluding hydrogens is 452 g/mol. The number of anilines is 1. The van der Waals surface area contributed by atoms with Crippen LogP contribution in [0.1, 0.15) is 23.2 Å². The van der Waals surface area contributed by atoms with Crippen molar-refractivity contribution in [1.29, 1.82) is 0 Å². The van der Waals surface area contributed by atoms with Crippen molar-refractivity contribution < 1.29 is 22.7 Å². The number of rotatable bonds is 8. The zero-order chi connectivity index (χ0) is 22.7. The van der Waals surface area contributed by atoms with Crippen LogP contribution < -0.4 is 19.5 Å². The lowest BCUT2D eigenvalue weighted by molar-refractivity contribution is 0.102. The molecule has 166 valence electrons. The molecule has 9 heteroatoms. The number of carbonyl (C=O) groups excluding carboxylic acids is 1. The molecule has 32 heavy (non-hydrogen) atoms. The fourth-order valence-corrected chi connectivity index (χ4v) is 4.69. The molecule has 1 aliphatic carbocycles. The highest BCUT2D eigenvalue weighted by Crippen LogP contribution is 2.34. The molecule has 0 saturated heterocycles. The van der Waals surface area contributed by atoms with E-state index in [0.29, 0.717) is 22.2 Å². The summed E-state index contributed by atoms with van der Waals surface area (Å²) < 4.78 is 39.1. The first-order valence-corrected chi connectivity index (χ1v) is 11.8. The summed E-state index contributed by atoms with van der Waals surface area (Å²) in [7, 11) is -2.43. The van der Waals surface area contributed by atoms with Crippen LogP contribution in [0.3, 0.4) is 0 Å². The molecule has 2 N–H and O–H groups in total. The van der Waals surface area contributed by atoms with E-state index in [9.17, 15) is 13.2 Å². The number of ether oxygens (including phenoxy) is 2. The lowest BCUT2D eigenvalue weighted by Gasteiger charge is -2.14. The summed E-state index contributed by atoms with van der Waals surface area (Å²) in [6.45, 7) is 0. The highest BCUT2D eigenvalue weighted by atomic mass is 35.5. The number of hydrogen-bond acceptors (Lipinski definition) is 5. The largest absolute Gasteiger partial charge is 0.495 e. The van der Waals surface area contributed by atoms with E-state index in [-0.39, 0.29) is 22.3 Å². The summed E-state index contributed by atoms with van der Waals surface area (Å²) in [5.41, 5.74) is 0.572. The summed E-state index contributed by atoms with van der Waals surface area (Å²) in [6, 6.07) is 18.1. The van der Waals surface area contributed by atoms with Crippen LogP contribution in [-0.4, -0.2) is 27.5 Å². The van der Waals surface area contributed by atoms with E-state index in [1.165, 1.54) is 25.3 Å². The van der Waals surface area contributed by atoms with Crippen molar-refractivity contribution in [2.24, 2.45) is 0 Å². The molecular formula is C23H21ClN2O5S. The van der Waals surface area contributed by atoms with E-state index >= 15 is 0 Å². The summed E-state index contributed by atoms with van der Waals surface area (Å²) in [4.78, 5) is 12.9. The lowest BCUT2D eigenvalue weighted by atomic mass is 10.2. The second kappa shape index (κ2) is 9.20. The van der Waals surface area contributed by atoms with E-state index in [1.54, 1.807) is 48.5 Å². The molecule has 4 rings (SSSR count). The van der Waals surface area contributed by atoms with Crippen molar-refractivity contribution in [3.8, 4) is 17.2 Å². The Morgan fingerprint density at radius 2 is 1.66 bits per heavy atom. The fourth-order valence-electron chi connectivity index (χ4n) is 3.01. The van der Waals surface area contributed by atoms with Crippen LogP contribution in [0.2, 0.25) is 5.02 Å². The topological polar surface area (TPSA) is 93.7 Å². The Labute approximate surface area is 191 Å². The number of hydrogen-bond donors (Lipinski definition) is 2. The standard InChI is InChI=1S/C23H21ClN2O5S/c1-30-21-13-10-15(14-22(21)32(28,29)26-16-11-12-16)23(27)25-18-7-3-5-9-20(18)31-19-8-4-2-6-17(19)24/h2-10,13-14,16,26H,11-12H2,1H3,(H,25,27). The van der Waals surface area contributed by atoms with E-state index in [0.717, 1.165) is 12.8 Å². The normalized spacial score (nSPS) is 13.4. The van der Waals surface area contributed by atoms with Crippen molar-refractivity contribution in [1.82, 2.24) is 4.72 Å². The van der Waals surface area contributed by atoms with Gasteiger partial charge < -0.3 is 14.8 Å². The molecule has 1 fully saturated rings. The minimum absolute atomic E-state index is 0.0731.